The van der Waals surface area contributed by atoms with E-state index < -0.39 is 0 Å². The molecule has 2 rings (SSSR count). The van der Waals surface area contributed by atoms with Crippen molar-refractivity contribution in [2.24, 2.45) is 0 Å². The minimum absolute atomic E-state index is 0.140. The fourth-order valence-corrected chi connectivity index (χ4v) is 1.92. The van der Waals surface area contributed by atoms with E-state index in [9.17, 15) is 9.18 Å². The molecule has 0 fully saturated rings. The number of hydrogen-bond acceptors (Lipinski definition) is 4. The maximum absolute atomic E-state index is 12.8. The normalized spacial score (nSPS) is 11.1. The summed E-state index contributed by atoms with van der Waals surface area (Å²) in [5.74, 6) is -0.00586. The van der Waals surface area contributed by atoms with Gasteiger partial charge in [-0.1, -0.05) is 12.1 Å². The van der Waals surface area contributed by atoms with E-state index in [1.54, 1.807) is 12.1 Å². The topological polar surface area (TPSA) is 66.9 Å². The maximum Gasteiger partial charge on any atom is 0.254 e. The van der Waals surface area contributed by atoms with Gasteiger partial charge in [-0.3, -0.25) is 4.79 Å². The molecule has 1 heterocycles. The van der Waals surface area contributed by atoms with Crippen LogP contribution in [0, 0.1) is 5.82 Å². The van der Waals surface area contributed by atoms with E-state index in [2.05, 4.69) is 20.6 Å². The molecule has 6 heteroatoms. The average Bonchev–Trinajstić information content (AvgIpc) is 2.48. The molecule has 0 aliphatic heterocycles. The third-order valence-electron chi connectivity index (χ3n) is 3.01. The Morgan fingerprint density at radius 3 is 2.30 bits per heavy atom. The first-order chi connectivity index (χ1) is 10.8. The Balaban J connectivity index is 1.84. The second kappa shape index (κ2) is 7.17. The van der Waals surface area contributed by atoms with Crippen LogP contribution in [0.1, 0.15) is 36.7 Å². The number of carbonyl (C=O) groups is 1. The fourth-order valence-electron chi connectivity index (χ4n) is 1.92. The molecule has 0 saturated heterocycles. The van der Waals surface area contributed by atoms with Gasteiger partial charge in [0.05, 0.1) is 5.56 Å². The summed E-state index contributed by atoms with van der Waals surface area (Å²) >= 11 is 0. The van der Waals surface area contributed by atoms with Gasteiger partial charge in [-0.15, -0.1) is 0 Å². The Labute approximate surface area is 135 Å². The van der Waals surface area contributed by atoms with Crippen LogP contribution >= 0.6 is 0 Å². The number of nitrogens with one attached hydrogen (secondary N) is 2. The number of rotatable bonds is 5. The number of anilines is 1. The van der Waals surface area contributed by atoms with Crippen molar-refractivity contribution >= 4 is 11.9 Å². The van der Waals surface area contributed by atoms with Gasteiger partial charge in [-0.05, 0) is 44.9 Å². The van der Waals surface area contributed by atoms with Crippen molar-refractivity contribution in [2.75, 3.05) is 11.9 Å². The molecular weight excluding hydrogens is 295 g/mol. The number of carbonyl (C=O) groups excluding carboxylic acids is 1. The smallest absolute Gasteiger partial charge is 0.254 e. The highest BCUT2D eigenvalue weighted by Gasteiger charge is 2.12. The molecule has 0 atom stereocenters. The van der Waals surface area contributed by atoms with Crippen LogP contribution in [-0.2, 0) is 6.42 Å². The Bertz CT molecular complexity index is 648. The van der Waals surface area contributed by atoms with Crippen molar-refractivity contribution in [3.8, 4) is 0 Å². The van der Waals surface area contributed by atoms with Gasteiger partial charge in [0.15, 0.2) is 0 Å². The molecule has 1 aromatic carbocycles. The van der Waals surface area contributed by atoms with Gasteiger partial charge in [0.2, 0.25) is 5.95 Å². The van der Waals surface area contributed by atoms with Gasteiger partial charge >= 0.3 is 0 Å². The third kappa shape index (κ3) is 5.65. The summed E-state index contributed by atoms with van der Waals surface area (Å²) in [7, 11) is 0. The molecule has 0 radical (unpaired) electrons. The molecule has 0 saturated carbocycles. The van der Waals surface area contributed by atoms with E-state index in [4.69, 9.17) is 0 Å². The lowest BCUT2D eigenvalue weighted by atomic mass is 10.1. The lowest BCUT2D eigenvalue weighted by Crippen LogP contribution is -2.28. The van der Waals surface area contributed by atoms with Gasteiger partial charge in [0.25, 0.3) is 5.91 Å². The van der Waals surface area contributed by atoms with Crippen LogP contribution in [-0.4, -0.2) is 28.0 Å². The number of nitrogens with zero attached hydrogens (tertiary/aromatic N) is 2. The highest BCUT2D eigenvalue weighted by Crippen LogP contribution is 2.09. The highest BCUT2D eigenvalue weighted by molar-refractivity contribution is 5.93. The number of halogens is 1. The van der Waals surface area contributed by atoms with Crippen LogP contribution in [0.25, 0.3) is 0 Å². The molecule has 1 aromatic heterocycles. The molecule has 2 aromatic rings. The number of benzene rings is 1. The Hall–Kier alpha value is -2.50. The number of aromatic nitrogens is 2. The Kier molecular flexibility index (Phi) is 5.26. The van der Waals surface area contributed by atoms with Gasteiger partial charge < -0.3 is 10.6 Å². The van der Waals surface area contributed by atoms with E-state index in [0.29, 0.717) is 24.5 Å². The third-order valence-corrected chi connectivity index (χ3v) is 3.01. The summed E-state index contributed by atoms with van der Waals surface area (Å²) in [5, 5.41) is 5.93. The fraction of sp³-hybridized carbons (Fsp3) is 0.353. The van der Waals surface area contributed by atoms with Gasteiger partial charge in [-0.2, -0.15) is 0 Å². The molecule has 5 nitrogen and oxygen atoms in total. The van der Waals surface area contributed by atoms with Crippen molar-refractivity contribution in [1.29, 1.82) is 0 Å². The van der Waals surface area contributed by atoms with E-state index in [1.807, 2.05) is 20.8 Å². The summed E-state index contributed by atoms with van der Waals surface area (Å²) in [4.78, 5) is 20.3. The van der Waals surface area contributed by atoms with Crippen molar-refractivity contribution in [3.63, 3.8) is 0 Å². The largest absolute Gasteiger partial charge is 0.352 e. The van der Waals surface area contributed by atoms with E-state index in [0.717, 1.165) is 5.56 Å². The van der Waals surface area contributed by atoms with Crippen molar-refractivity contribution < 1.29 is 9.18 Å². The SMILES string of the molecule is CC(C)(C)Nc1ncc(C(=O)NCCc2ccc(F)cc2)cn1. The van der Waals surface area contributed by atoms with Crippen molar-refractivity contribution in [3.05, 3.63) is 53.6 Å². The zero-order valence-electron chi connectivity index (χ0n) is 13.6. The first-order valence-electron chi connectivity index (χ1n) is 7.46. The lowest BCUT2D eigenvalue weighted by Gasteiger charge is -2.20. The molecule has 122 valence electrons. The zero-order valence-corrected chi connectivity index (χ0v) is 13.6. The summed E-state index contributed by atoms with van der Waals surface area (Å²) in [6, 6.07) is 6.23. The molecule has 0 bridgehead atoms. The summed E-state index contributed by atoms with van der Waals surface area (Å²) < 4.78 is 12.8. The lowest BCUT2D eigenvalue weighted by molar-refractivity contribution is 0.0953. The maximum atomic E-state index is 12.8. The average molecular weight is 316 g/mol. The van der Waals surface area contributed by atoms with Gasteiger partial charge in [0.1, 0.15) is 5.82 Å². The summed E-state index contributed by atoms with van der Waals surface area (Å²) in [6.07, 6.45) is 3.62. The standard InChI is InChI=1S/C17H21FN4O/c1-17(2,3)22-16-20-10-13(11-21-16)15(23)19-9-8-12-4-6-14(18)7-5-12/h4-7,10-11H,8-9H2,1-3H3,(H,19,23)(H,20,21,22). The molecular formula is C17H21FN4O. The minimum atomic E-state index is -0.265. The second-order valence-electron chi connectivity index (χ2n) is 6.30. The quantitative estimate of drug-likeness (QED) is 0.890. The van der Waals surface area contributed by atoms with Gasteiger partial charge in [-0.25, -0.2) is 14.4 Å². The number of hydrogen-bond donors (Lipinski definition) is 2. The van der Waals surface area contributed by atoms with Crippen molar-refractivity contribution in [1.82, 2.24) is 15.3 Å². The Morgan fingerprint density at radius 1 is 1.13 bits per heavy atom. The van der Waals surface area contributed by atoms with Crippen LogP contribution in [0.4, 0.5) is 10.3 Å². The van der Waals surface area contributed by atoms with Crippen LogP contribution in [0.15, 0.2) is 36.7 Å². The van der Waals surface area contributed by atoms with E-state index in [-0.39, 0.29) is 17.3 Å². The summed E-state index contributed by atoms with van der Waals surface area (Å²) in [5.41, 5.74) is 1.23. The molecule has 0 aliphatic rings. The Morgan fingerprint density at radius 2 is 1.74 bits per heavy atom. The monoisotopic (exact) mass is 316 g/mol. The molecule has 0 aliphatic carbocycles. The van der Waals surface area contributed by atoms with Gasteiger partial charge in [0, 0.05) is 24.5 Å². The highest BCUT2D eigenvalue weighted by atomic mass is 19.1. The zero-order chi connectivity index (χ0) is 16.9. The molecule has 0 spiro atoms. The molecule has 0 unspecified atom stereocenters. The van der Waals surface area contributed by atoms with Crippen LogP contribution in [0.2, 0.25) is 0 Å². The van der Waals surface area contributed by atoms with E-state index in [1.165, 1.54) is 24.5 Å². The predicted octanol–water partition coefficient (Wildman–Crippen LogP) is 2.80. The minimum Gasteiger partial charge on any atom is -0.352 e. The van der Waals surface area contributed by atoms with Crippen LogP contribution in [0.5, 0.6) is 0 Å². The number of amides is 1. The predicted molar refractivity (Wildman–Crippen MR) is 87.8 cm³/mol. The van der Waals surface area contributed by atoms with Crippen LogP contribution < -0.4 is 10.6 Å². The van der Waals surface area contributed by atoms with Crippen molar-refractivity contribution in [2.45, 2.75) is 32.7 Å². The van der Waals surface area contributed by atoms with E-state index >= 15 is 0 Å². The summed E-state index contributed by atoms with van der Waals surface area (Å²) in [6.45, 7) is 6.48. The second-order valence-corrected chi connectivity index (χ2v) is 6.30. The first-order valence-corrected chi connectivity index (χ1v) is 7.46. The van der Waals surface area contributed by atoms with Crippen LogP contribution in [0.3, 0.4) is 0 Å². The molecule has 2 N–H and O–H groups in total. The molecule has 23 heavy (non-hydrogen) atoms. The first kappa shape index (κ1) is 16.9. The molecule has 1 amide bonds.